The van der Waals surface area contributed by atoms with Crippen molar-refractivity contribution in [3.63, 3.8) is 0 Å². The zero-order chi connectivity index (χ0) is 18.4. The Hall–Kier alpha value is -3.39. The van der Waals surface area contributed by atoms with Crippen molar-refractivity contribution < 1.29 is 0 Å². The van der Waals surface area contributed by atoms with Crippen LogP contribution in [0.4, 0.5) is 0 Å². The van der Waals surface area contributed by atoms with E-state index in [-0.39, 0.29) is 5.92 Å². The fourth-order valence-corrected chi connectivity index (χ4v) is 4.00. The molecule has 0 N–H and O–H groups in total. The van der Waals surface area contributed by atoms with Gasteiger partial charge in [-0.15, -0.1) is 0 Å². The second-order valence-electron chi connectivity index (χ2n) is 7.12. The Labute approximate surface area is 157 Å². The molecule has 0 saturated heterocycles. The highest BCUT2D eigenvalue weighted by Crippen LogP contribution is 2.33. The number of nitriles is 1. The minimum absolute atomic E-state index is 0.142. The van der Waals surface area contributed by atoms with E-state index in [4.69, 9.17) is 5.26 Å². The molecule has 3 heterocycles. The van der Waals surface area contributed by atoms with Crippen LogP contribution in [0.25, 0.3) is 33.4 Å². The van der Waals surface area contributed by atoms with Crippen LogP contribution in [0.2, 0.25) is 0 Å². The summed E-state index contributed by atoms with van der Waals surface area (Å²) in [6.45, 7) is 0. The topological polar surface area (TPSA) is 58.9 Å². The van der Waals surface area contributed by atoms with Crippen LogP contribution >= 0.6 is 0 Å². The molecule has 1 aromatic carbocycles. The Morgan fingerprint density at radius 2 is 2.07 bits per heavy atom. The van der Waals surface area contributed by atoms with Gasteiger partial charge in [-0.05, 0) is 49.1 Å². The minimum Gasteiger partial charge on any atom is -0.293 e. The van der Waals surface area contributed by atoms with E-state index in [0.29, 0.717) is 0 Å². The van der Waals surface area contributed by atoms with Crippen LogP contribution < -0.4 is 0 Å². The Kier molecular flexibility index (Phi) is 3.58. The van der Waals surface area contributed by atoms with Crippen LogP contribution in [-0.4, -0.2) is 19.2 Å². The van der Waals surface area contributed by atoms with Crippen LogP contribution in [0, 0.1) is 17.2 Å². The van der Waals surface area contributed by atoms with Crippen molar-refractivity contribution >= 4 is 22.1 Å². The quantitative estimate of drug-likeness (QED) is 0.529. The summed E-state index contributed by atoms with van der Waals surface area (Å²) >= 11 is 0. The number of allylic oxidation sites excluding steroid dienone is 2. The van der Waals surface area contributed by atoms with Crippen molar-refractivity contribution in [2.45, 2.75) is 19.3 Å². The average molecular weight is 353 g/mol. The number of pyridine rings is 1. The molecule has 5 rings (SSSR count). The highest BCUT2D eigenvalue weighted by molar-refractivity contribution is 5.84. The van der Waals surface area contributed by atoms with Crippen molar-refractivity contribution in [2.75, 3.05) is 0 Å². The molecule has 132 valence electrons. The number of aryl methyl sites for hydroxylation is 1. The number of fused-ring (bicyclic) bond motifs is 2. The molecule has 0 aliphatic heterocycles. The average Bonchev–Trinajstić information content (AvgIpc) is 3.31. The summed E-state index contributed by atoms with van der Waals surface area (Å²) in [5.41, 5.74) is 6.73. The van der Waals surface area contributed by atoms with Gasteiger partial charge in [0, 0.05) is 18.0 Å². The van der Waals surface area contributed by atoms with Gasteiger partial charge in [-0.2, -0.15) is 10.4 Å². The number of aromatic nitrogens is 4. The molecule has 1 atom stereocenters. The van der Waals surface area contributed by atoms with Crippen LogP contribution in [0.1, 0.15) is 25.0 Å². The molecule has 1 unspecified atom stereocenters. The summed E-state index contributed by atoms with van der Waals surface area (Å²) in [5.74, 6) is 0.142. The summed E-state index contributed by atoms with van der Waals surface area (Å²) in [6.07, 6.45) is 8.74. The molecule has 3 aromatic heterocycles. The number of benzene rings is 1. The minimum atomic E-state index is 0.142. The maximum absolute atomic E-state index is 9.17. The van der Waals surface area contributed by atoms with Crippen LogP contribution in [0.3, 0.4) is 0 Å². The van der Waals surface area contributed by atoms with Crippen molar-refractivity contribution in [2.24, 2.45) is 13.0 Å². The van der Waals surface area contributed by atoms with Crippen LogP contribution in [0.5, 0.6) is 0 Å². The standard InChI is InChI=1S/C22H19N5/c1-26-19-10-9-17(11-18(19)13-25-26)21-14-24-22-4-2-3-20(27(21)22)16-7-5-15(12-23)6-8-16/h2-4,7,9-11,13-15H,5-6,8H2,1H3. The highest BCUT2D eigenvalue weighted by Gasteiger charge is 2.18. The van der Waals surface area contributed by atoms with Gasteiger partial charge in [0.15, 0.2) is 0 Å². The molecule has 0 saturated carbocycles. The van der Waals surface area contributed by atoms with Gasteiger partial charge in [-0.25, -0.2) is 4.98 Å². The van der Waals surface area contributed by atoms with Gasteiger partial charge in [-0.3, -0.25) is 9.08 Å². The molecule has 1 aliphatic rings. The number of hydrogen-bond acceptors (Lipinski definition) is 3. The molecular formula is C22H19N5. The van der Waals surface area contributed by atoms with Crippen LogP contribution in [0.15, 0.2) is 54.9 Å². The molecule has 0 spiro atoms. The fourth-order valence-electron chi connectivity index (χ4n) is 4.00. The van der Waals surface area contributed by atoms with E-state index in [1.54, 1.807) is 0 Å². The maximum Gasteiger partial charge on any atom is 0.137 e. The molecule has 27 heavy (non-hydrogen) atoms. The van der Waals surface area contributed by atoms with Crippen molar-refractivity contribution in [1.29, 1.82) is 5.26 Å². The monoisotopic (exact) mass is 353 g/mol. The number of imidazole rings is 1. The lowest BCUT2D eigenvalue weighted by atomic mass is 9.89. The van der Waals surface area contributed by atoms with E-state index in [1.807, 2.05) is 30.2 Å². The largest absolute Gasteiger partial charge is 0.293 e. The van der Waals surface area contributed by atoms with E-state index >= 15 is 0 Å². The van der Waals surface area contributed by atoms with Gasteiger partial charge < -0.3 is 0 Å². The Bertz CT molecular complexity index is 1230. The second-order valence-corrected chi connectivity index (χ2v) is 7.12. The first kappa shape index (κ1) is 15.8. The summed E-state index contributed by atoms with van der Waals surface area (Å²) in [7, 11) is 1.96. The molecule has 4 aromatic rings. The number of rotatable bonds is 2. The predicted octanol–water partition coefficient (Wildman–Crippen LogP) is 4.60. The fraction of sp³-hybridized carbons (Fsp3) is 0.227. The van der Waals surface area contributed by atoms with E-state index in [2.05, 4.69) is 57.0 Å². The Balaban J connectivity index is 1.67. The number of nitrogens with zero attached hydrogens (tertiary/aromatic N) is 5. The number of hydrogen-bond donors (Lipinski definition) is 0. The Morgan fingerprint density at radius 3 is 2.89 bits per heavy atom. The first-order valence-corrected chi connectivity index (χ1v) is 9.22. The van der Waals surface area contributed by atoms with E-state index in [9.17, 15) is 0 Å². The van der Waals surface area contributed by atoms with Gasteiger partial charge in [0.25, 0.3) is 0 Å². The summed E-state index contributed by atoms with van der Waals surface area (Å²) in [6, 6.07) is 15.1. The molecular weight excluding hydrogens is 334 g/mol. The predicted molar refractivity (Wildman–Crippen MR) is 106 cm³/mol. The molecule has 5 heteroatoms. The van der Waals surface area contributed by atoms with Gasteiger partial charge in [0.05, 0.1) is 41.3 Å². The summed E-state index contributed by atoms with van der Waals surface area (Å²) in [5, 5.41) is 14.6. The SMILES string of the molecule is Cn1ncc2cc(-c3cnc4cccc(C5=CCC(C#N)CC5)n34)ccc21. The Morgan fingerprint density at radius 1 is 1.15 bits per heavy atom. The lowest BCUT2D eigenvalue weighted by molar-refractivity contribution is 0.603. The molecule has 5 nitrogen and oxygen atoms in total. The molecule has 0 fully saturated rings. The first-order chi connectivity index (χ1) is 13.2. The third-order valence-electron chi connectivity index (χ3n) is 5.49. The smallest absolute Gasteiger partial charge is 0.137 e. The maximum atomic E-state index is 9.17. The second kappa shape index (κ2) is 6.10. The molecule has 0 bridgehead atoms. The highest BCUT2D eigenvalue weighted by atomic mass is 15.2. The van der Waals surface area contributed by atoms with E-state index in [1.165, 1.54) is 11.3 Å². The van der Waals surface area contributed by atoms with Crippen molar-refractivity contribution in [3.05, 3.63) is 60.6 Å². The first-order valence-electron chi connectivity index (χ1n) is 9.22. The molecule has 1 aliphatic carbocycles. The lowest BCUT2D eigenvalue weighted by Crippen LogP contribution is -2.06. The zero-order valence-electron chi connectivity index (χ0n) is 15.1. The van der Waals surface area contributed by atoms with Gasteiger partial charge in [0.1, 0.15) is 5.65 Å². The molecule has 0 radical (unpaired) electrons. The van der Waals surface area contributed by atoms with Crippen molar-refractivity contribution in [3.8, 4) is 17.3 Å². The zero-order valence-corrected chi connectivity index (χ0v) is 15.1. The third-order valence-corrected chi connectivity index (χ3v) is 5.49. The van der Waals surface area contributed by atoms with E-state index in [0.717, 1.165) is 47.1 Å². The van der Waals surface area contributed by atoms with Crippen molar-refractivity contribution in [1.82, 2.24) is 19.2 Å². The third kappa shape index (κ3) is 2.53. The van der Waals surface area contributed by atoms with Gasteiger partial charge in [0.2, 0.25) is 0 Å². The van der Waals surface area contributed by atoms with Gasteiger partial charge >= 0.3 is 0 Å². The summed E-state index contributed by atoms with van der Waals surface area (Å²) < 4.78 is 4.12. The normalized spacial score (nSPS) is 17.2. The van der Waals surface area contributed by atoms with E-state index < -0.39 is 0 Å². The van der Waals surface area contributed by atoms with Crippen LogP contribution in [-0.2, 0) is 7.05 Å². The lowest BCUT2D eigenvalue weighted by Gasteiger charge is -2.18. The van der Waals surface area contributed by atoms with Gasteiger partial charge in [-0.1, -0.05) is 18.2 Å². The molecule has 0 amide bonds. The summed E-state index contributed by atoms with van der Waals surface area (Å²) in [4.78, 5) is 4.63.